The smallest absolute Gasteiger partial charge is 0.0133 e. The molecule has 0 aliphatic heterocycles. The van der Waals surface area contributed by atoms with Gasteiger partial charge in [0, 0.05) is 0 Å². The molecule has 0 atom stereocenters. The van der Waals surface area contributed by atoms with E-state index in [9.17, 15) is 0 Å². The Balaban J connectivity index is 0.000000561. The lowest BCUT2D eigenvalue weighted by atomic mass is 10.1. The lowest BCUT2D eigenvalue weighted by molar-refractivity contribution is 1.46. The van der Waals surface area contributed by atoms with Crippen LogP contribution in [0.4, 0.5) is 0 Å². The molecule has 0 amide bonds. The third-order valence-corrected chi connectivity index (χ3v) is 1.35. The fourth-order valence-corrected chi connectivity index (χ4v) is 0.781. The van der Waals surface area contributed by atoms with Crippen molar-refractivity contribution in [2.45, 2.75) is 20.8 Å². The van der Waals surface area contributed by atoms with Crippen LogP contribution in [-0.4, -0.2) is 0 Å². The summed E-state index contributed by atoms with van der Waals surface area (Å²) in [5.74, 6) is 0. The number of hydrogen-bond donors (Lipinski definition) is 0. The van der Waals surface area contributed by atoms with Gasteiger partial charge < -0.3 is 0 Å². The molecule has 0 spiro atoms. The molecule has 0 saturated carbocycles. The van der Waals surface area contributed by atoms with Crippen LogP contribution < -0.4 is 0 Å². The van der Waals surface area contributed by atoms with E-state index in [2.05, 4.69) is 31.4 Å². The van der Waals surface area contributed by atoms with Gasteiger partial charge in [-0.15, -0.1) is 5.73 Å². The number of benzene rings is 1. The molecule has 12 heavy (non-hydrogen) atoms. The quantitative estimate of drug-likeness (QED) is 0.548. The molecule has 0 nitrogen and oxygen atoms in total. The van der Waals surface area contributed by atoms with E-state index in [0.29, 0.717) is 0 Å². The molecule has 0 heteroatoms. The van der Waals surface area contributed by atoms with Gasteiger partial charge in [0.15, 0.2) is 0 Å². The molecule has 1 aromatic carbocycles. The van der Waals surface area contributed by atoms with Gasteiger partial charge in [-0.05, 0) is 18.6 Å². The van der Waals surface area contributed by atoms with Gasteiger partial charge in [-0.2, -0.15) is 0 Å². The van der Waals surface area contributed by atoms with Crippen molar-refractivity contribution in [2.75, 3.05) is 0 Å². The predicted molar refractivity (Wildman–Crippen MR) is 56.1 cm³/mol. The summed E-state index contributed by atoms with van der Waals surface area (Å²) in [5.41, 5.74) is 5.16. The highest BCUT2D eigenvalue weighted by molar-refractivity contribution is 5.48. The molecule has 0 aliphatic carbocycles. The van der Waals surface area contributed by atoms with Gasteiger partial charge in [-0.1, -0.05) is 50.3 Å². The zero-order valence-electron chi connectivity index (χ0n) is 8.09. The molecule has 64 valence electrons. The van der Waals surface area contributed by atoms with Gasteiger partial charge in [0.05, 0.1) is 0 Å². The molecule has 1 rings (SSSR count). The van der Waals surface area contributed by atoms with Crippen molar-refractivity contribution >= 4 is 6.08 Å². The topological polar surface area (TPSA) is 0 Å². The normalized spacial score (nSPS) is 7.58. The largest absolute Gasteiger partial charge is 0.128 e. The maximum absolute atomic E-state index is 3.50. The number of rotatable bonds is 1. The number of hydrogen-bond acceptors (Lipinski definition) is 0. The minimum Gasteiger partial charge on any atom is -0.128 e. The summed E-state index contributed by atoms with van der Waals surface area (Å²) in [6.07, 6.45) is 1.86. The summed E-state index contributed by atoms with van der Waals surface area (Å²) in [4.78, 5) is 0. The molecule has 0 bridgehead atoms. The summed E-state index contributed by atoms with van der Waals surface area (Å²) in [5, 5.41) is 0. The molecule has 0 saturated heterocycles. The van der Waals surface area contributed by atoms with Crippen molar-refractivity contribution < 1.29 is 0 Å². The van der Waals surface area contributed by atoms with Crippen LogP contribution in [-0.2, 0) is 0 Å². The van der Waals surface area contributed by atoms with Gasteiger partial charge in [-0.3, -0.25) is 0 Å². The maximum Gasteiger partial charge on any atom is -0.0133 e. The average molecular weight is 160 g/mol. The zero-order chi connectivity index (χ0) is 9.40. The van der Waals surface area contributed by atoms with E-state index in [1.165, 1.54) is 5.56 Å². The van der Waals surface area contributed by atoms with Crippen LogP contribution in [0, 0.1) is 6.92 Å². The van der Waals surface area contributed by atoms with Crippen LogP contribution in [0.1, 0.15) is 25.0 Å². The summed E-state index contributed by atoms with van der Waals surface area (Å²) < 4.78 is 0. The molecule has 0 N–H and O–H groups in total. The third kappa shape index (κ3) is 3.80. The van der Waals surface area contributed by atoms with E-state index in [1.807, 2.05) is 32.1 Å². The fourth-order valence-electron chi connectivity index (χ4n) is 0.781. The summed E-state index contributed by atoms with van der Waals surface area (Å²) in [6, 6.07) is 8.24. The maximum atomic E-state index is 3.50. The predicted octanol–water partition coefficient (Wildman–Crippen LogP) is 3.82. The molecule has 0 radical (unpaired) electrons. The highest BCUT2D eigenvalue weighted by Crippen LogP contribution is 2.03. The summed E-state index contributed by atoms with van der Waals surface area (Å²) in [6.45, 7) is 9.57. The first-order valence-electron chi connectivity index (χ1n) is 4.25. The molecule has 0 fully saturated rings. The van der Waals surface area contributed by atoms with Gasteiger partial charge in [-0.25, -0.2) is 0 Å². The Morgan fingerprint density at radius 3 is 2.08 bits per heavy atom. The minimum absolute atomic E-state index is 1.15. The van der Waals surface area contributed by atoms with Crippen LogP contribution in [0.3, 0.4) is 0 Å². The van der Waals surface area contributed by atoms with Gasteiger partial charge in [0.1, 0.15) is 0 Å². The Morgan fingerprint density at radius 2 is 1.67 bits per heavy atom. The zero-order valence-corrected chi connectivity index (χ0v) is 8.09. The average Bonchev–Trinajstić information content (AvgIpc) is 2.13. The Morgan fingerprint density at radius 1 is 1.17 bits per heavy atom. The second-order valence-corrected chi connectivity index (χ2v) is 2.26. The van der Waals surface area contributed by atoms with Crippen molar-refractivity contribution in [3.8, 4) is 0 Å². The van der Waals surface area contributed by atoms with Crippen LogP contribution in [0.5, 0.6) is 0 Å². The first-order chi connectivity index (χ1) is 5.83. The molecule has 0 aliphatic rings. The Kier molecular flexibility index (Phi) is 5.77. The first kappa shape index (κ1) is 10.7. The SMILES string of the molecule is C=C=Cc1ccc(C)cc1.CC. The van der Waals surface area contributed by atoms with Gasteiger partial charge in [0.25, 0.3) is 0 Å². The highest BCUT2D eigenvalue weighted by atomic mass is 13.9. The lowest BCUT2D eigenvalue weighted by Gasteiger charge is -1.91. The van der Waals surface area contributed by atoms with Gasteiger partial charge in [0.2, 0.25) is 0 Å². The lowest BCUT2D eigenvalue weighted by Crippen LogP contribution is -1.71. The molecular weight excluding hydrogens is 144 g/mol. The molecular formula is C12H16. The van der Waals surface area contributed by atoms with Gasteiger partial charge >= 0.3 is 0 Å². The monoisotopic (exact) mass is 160 g/mol. The van der Waals surface area contributed by atoms with Crippen molar-refractivity contribution in [1.29, 1.82) is 0 Å². The highest BCUT2D eigenvalue weighted by Gasteiger charge is 1.83. The van der Waals surface area contributed by atoms with Crippen LogP contribution in [0.25, 0.3) is 6.08 Å². The van der Waals surface area contributed by atoms with E-state index in [0.717, 1.165) is 5.56 Å². The Bertz CT molecular complexity index is 248. The third-order valence-electron chi connectivity index (χ3n) is 1.35. The van der Waals surface area contributed by atoms with Crippen LogP contribution in [0.15, 0.2) is 36.6 Å². The van der Waals surface area contributed by atoms with Crippen LogP contribution >= 0.6 is 0 Å². The summed E-state index contributed by atoms with van der Waals surface area (Å²) in [7, 11) is 0. The van der Waals surface area contributed by atoms with E-state index in [1.54, 1.807) is 0 Å². The van der Waals surface area contributed by atoms with E-state index < -0.39 is 0 Å². The van der Waals surface area contributed by atoms with E-state index in [-0.39, 0.29) is 0 Å². The first-order valence-corrected chi connectivity index (χ1v) is 4.25. The summed E-state index contributed by atoms with van der Waals surface area (Å²) >= 11 is 0. The second-order valence-electron chi connectivity index (χ2n) is 2.26. The number of aryl methyl sites for hydroxylation is 1. The Labute approximate surface area is 75.2 Å². The van der Waals surface area contributed by atoms with Crippen molar-refractivity contribution in [3.05, 3.63) is 47.7 Å². The standard InChI is InChI=1S/C10H10.C2H6/c1-3-4-10-7-5-9(2)6-8-10;1-2/h4-8H,1H2,2H3;1-2H3. The van der Waals surface area contributed by atoms with E-state index in [4.69, 9.17) is 0 Å². The van der Waals surface area contributed by atoms with Crippen molar-refractivity contribution in [2.24, 2.45) is 0 Å². The Hall–Kier alpha value is -1.26. The van der Waals surface area contributed by atoms with E-state index >= 15 is 0 Å². The minimum atomic E-state index is 1.15. The van der Waals surface area contributed by atoms with Crippen LogP contribution in [0.2, 0.25) is 0 Å². The molecule has 0 aromatic heterocycles. The molecule has 0 unspecified atom stereocenters. The molecule has 1 aromatic rings. The molecule has 0 heterocycles. The van der Waals surface area contributed by atoms with Crippen molar-refractivity contribution in [1.82, 2.24) is 0 Å². The fraction of sp³-hybridized carbons (Fsp3) is 0.250. The van der Waals surface area contributed by atoms with Crippen molar-refractivity contribution in [3.63, 3.8) is 0 Å². The second kappa shape index (κ2) is 6.45.